The van der Waals surface area contributed by atoms with Gasteiger partial charge in [-0.2, -0.15) is 11.8 Å². The monoisotopic (exact) mass is 313 g/mol. The third kappa shape index (κ3) is 3.77. The Morgan fingerprint density at radius 3 is 2.52 bits per heavy atom. The second-order valence-electron chi connectivity index (χ2n) is 7.60. The van der Waals surface area contributed by atoms with Gasteiger partial charge < -0.3 is 15.2 Å². The molecule has 0 aromatic carbocycles. The minimum atomic E-state index is -0.0148. The molecule has 3 rings (SSSR count). The van der Waals surface area contributed by atoms with Gasteiger partial charge in [0.1, 0.15) is 0 Å². The zero-order valence-corrected chi connectivity index (χ0v) is 14.2. The Hall–Kier alpha value is 0.230. The van der Waals surface area contributed by atoms with Crippen LogP contribution in [0.2, 0.25) is 0 Å². The molecule has 2 N–H and O–H groups in total. The zero-order chi connectivity index (χ0) is 14.8. The molecular weight excluding hydrogens is 282 g/mol. The number of rotatable bonds is 3. The van der Waals surface area contributed by atoms with Gasteiger partial charge in [0.15, 0.2) is 0 Å². The fourth-order valence-corrected chi connectivity index (χ4v) is 5.58. The van der Waals surface area contributed by atoms with Gasteiger partial charge in [-0.25, -0.2) is 0 Å². The Balaban J connectivity index is 1.60. The molecule has 3 fully saturated rings. The molecule has 2 aliphatic heterocycles. The highest BCUT2D eigenvalue weighted by Crippen LogP contribution is 2.39. The summed E-state index contributed by atoms with van der Waals surface area (Å²) in [7, 11) is 0. The number of hydrogen-bond donors (Lipinski definition) is 2. The largest absolute Gasteiger partial charge is 0.394 e. The molecule has 3 nitrogen and oxygen atoms in total. The van der Waals surface area contributed by atoms with Crippen molar-refractivity contribution in [3.8, 4) is 0 Å². The van der Waals surface area contributed by atoms with E-state index in [0.717, 1.165) is 38.2 Å². The van der Waals surface area contributed by atoms with Gasteiger partial charge in [0, 0.05) is 18.2 Å². The fraction of sp³-hybridized carbons (Fsp3) is 1.00. The van der Waals surface area contributed by atoms with Crippen molar-refractivity contribution in [2.24, 2.45) is 5.92 Å². The Morgan fingerprint density at radius 2 is 1.86 bits per heavy atom. The van der Waals surface area contributed by atoms with E-state index < -0.39 is 0 Å². The van der Waals surface area contributed by atoms with Gasteiger partial charge in [0.25, 0.3) is 0 Å². The van der Waals surface area contributed by atoms with Gasteiger partial charge in [0.05, 0.1) is 12.2 Å². The van der Waals surface area contributed by atoms with E-state index in [2.05, 4.69) is 24.0 Å². The second-order valence-corrected chi connectivity index (χ2v) is 8.82. The standard InChI is InChI=1S/C17H31NO2S/c1-14-2-5-16(13-19,6-3-14)18-15-4-9-20-17(12-15)7-10-21-11-8-17/h14-15,18-19H,2-13H2,1H3. The lowest BCUT2D eigenvalue weighted by Gasteiger charge is -2.47. The van der Waals surface area contributed by atoms with Gasteiger partial charge >= 0.3 is 0 Å². The van der Waals surface area contributed by atoms with Crippen LogP contribution in [0, 0.1) is 5.92 Å². The van der Waals surface area contributed by atoms with Crippen LogP contribution in [0.15, 0.2) is 0 Å². The molecule has 0 radical (unpaired) electrons. The van der Waals surface area contributed by atoms with E-state index in [1.807, 2.05) is 0 Å². The number of thioether (sulfide) groups is 1. The summed E-state index contributed by atoms with van der Waals surface area (Å²) in [6.45, 7) is 3.52. The number of nitrogens with one attached hydrogen (secondary N) is 1. The first-order valence-corrected chi connectivity index (χ1v) is 9.91. The molecule has 21 heavy (non-hydrogen) atoms. The Labute approximate surface area is 133 Å². The van der Waals surface area contributed by atoms with Crippen LogP contribution in [0.3, 0.4) is 0 Å². The van der Waals surface area contributed by atoms with Gasteiger partial charge in [-0.15, -0.1) is 0 Å². The number of ether oxygens (including phenoxy) is 1. The molecule has 0 bridgehead atoms. The summed E-state index contributed by atoms with van der Waals surface area (Å²) < 4.78 is 6.19. The molecule has 1 atom stereocenters. The van der Waals surface area contributed by atoms with Crippen LogP contribution < -0.4 is 5.32 Å². The van der Waals surface area contributed by atoms with E-state index in [1.165, 1.54) is 37.2 Å². The lowest BCUT2D eigenvalue weighted by molar-refractivity contribution is -0.0986. The van der Waals surface area contributed by atoms with Crippen LogP contribution in [-0.4, -0.2) is 47.0 Å². The normalized spacial score (nSPS) is 40.3. The minimum Gasteiger partial charge on any atom is -0.394 e. The summed E-state index contributed by atoms with van der Waals surface area (Å²) >= 11 is 2.06. The van der Waals surface area contributed by atoms with Gasteiger partial charge in [-0.1, -0.05) is 6.92 Å². The molecule has 1 unspecified atom stereocenters. The molecule has 2 saturated heterocycles. The maximum Gasteiger partial charge on any atom is 0.0713 e. The van der Waals surface area contributed by atoms with Crippen molar-refractivity contribution in [2.45, 2.75) is 75.5 Å². The molecule has 0 aromatic rings. The average Bonchev–Trinajstić information content (AvgIpc) is 2.51. The van der Waals surface area contributed by atoms with Gasteiger partial charge in [-0.3, -0.25) is 0 Å². The van der Waals surface area contributed by atoms with Gasteiger partial charge in [-0.05, 0) is 68.8 Å². The predicted molar refractivity (Wildman–Crippen MR) is 88.8 cm³/mol. The van der Waals surface area contributed by atoms with E-state index in [4.69, 9.17) is 4.74 Å². The molecular formula is C17H31NO2S. The Kier molecular flexibility index (Phi) is 5.19. The van der Waals surface area contributed by atoms with Gasteiger partial charge in [0.2, 0.25) is 0 Å². The zero-order valence-electron chi connectivity index (χ0n) is 13.4. The van der Waals surface area contributed by atoms with Crippen LogP contribution in [0.1, 0.15) is 58.3 Å². The first kappa shape index (κ1) is 16.1. The average molecular weight is 314 g/mol. The van der Waals surface area contributed by atoms with Crippen molar-refractivity contribution >= 4 is 11.8 Å². The molecule has 4 heteroatoms. The van der Waals surface area contributed by atoms with E-state index in [1.54, 1.807) is 0 Å². The molecule has 0 aromatic heterocycles. The Bertz CT molecular complexity index is 330. The maximum atomic E-state index is 9.96. The summed E-state index contributed by atoms with van der Waals surface area (Å²) in [5.41, 5.74) is 0.124. The van der Waals surface area contributed by atoms with Crippen molar-refractivity contribution in [2.75, 3.05) is 24.7 Å². The van der Waals surface area contributed by atoms with Crippen molar-refractivity contribution in [3.63, 3.8) is 0 Å². The summed E-state index contributed by atoms with van der Waals surface area (Å²) in [6, 6.07) is 0.530. The third-order valence-electron chi connectivity index (χ3n) is 5.94. The van der Waals surface area contributed by atoms with E-state index in [0.29, 0.717) is 12.6 Å². The highest BCUT2D eigenvalue weighted by Gasteiger charge is 2.42. The fourth-order valence-electron chi connectivity index (χ4n) is 4.34. The summed E-state index contributed by atoms with van der Waals surface area (Å²) in [5.74, 6) is 3.31. The topological polar surface area (TPSA) is 41.5 Å². The molecule has 1 spiro atoms. The van der Waals surface area contributed by atoms with Crippen molar-refractivity contribution < 1.29 is 9.84 Å². The Morgan fingerprint density at radius 1 is 1.14 bits per heavy atom. The van der Waals surface area contributed by atoms with Crippen molar-refractivity contribution in [1.29, 1.82) is 0 Å². The molecule has 3 aliphatic rings. The third-order valence-corrected chi connectivity index (χ3v) is 6.93. The van der Waals surface area contributed by atoms with Crippen molar-refractivity contribution in [1.82, 2.24) is 5.32 Å². The van der Waals surface area contributed by atoms with E-state index in [9.17, 15) is 5.11 Å². The SMILES string of the molecule is CC1CCC(CO)(NC2CCOC3(CCSCC3)C2)CC1. The lowest BCUT2D eigenvalue weighted by Crippen LogP contribution is -2.58. The van der Waals surface area contributed by atoms with Crippen LogP contribution >= 0.6 is 11.8 Å². The molecule has 1 saturated carbocycles. The second kappa shape index (κ2) is 6.77. The van der Waals surface area contributed by atoms with E-state index in [-0.39, 0.29) is 11.1 Å². The first-order valence-electron chi connectivity index (χ1n) is 8.76. The number of aliphatic hydroxyl groups is 1. The maximum absolute atomic E-state index is 9.96. The first-order chi connectivity index (χ1) is 10.2. The summed E-state index contributed by atoms with van der Waals surface area (Å²) in [6.07, 6.45) is 9.42. The number of aliphatic hydroxyl groups excluding tert-OH is 1. The molecule has 2 heterocycles. The van der Waals surface area contributed by atoms with Crippen LogP contribution in [-0.2, 0) is 4.74 Å². The lowest BCUT2D eigenvalue weighted by atomic mass is 9.76. The van der Waals surface area contributed by atoms with E-state index >= 15 is 0 Å². The minimum absolute atomic E-state index is 0.0148. The summed E-state index contributed by atoms with van der Waals surface area (Å²) in [5, 5.41) is 13.8. The van der Waals surface area contributed by atoms with Crippen LogP contribution in [0.4, 0.5) is 0 Å². The molecule has 0 amide bonds. The smallest absolute Gasteiger partial charge is 0.0713 e. The van der Waals surface area contributed by atoms with Crippen LogP contribution in [0.25, 0.3) is 0 Å². The summed E-state index contributed by atoms with van der Waals surface area (Å²) in [4.78, 5) is 0. The van der Waals surface area contributed by atoms with Crippen LogP contribution in [0.5, 0.6) is 0 Å². The highest BCUT2D eigenvalue weighted by molar-refractivity contribution is 7.99. The number of hydrogen-bond acceptors (Lipinski definition) is 4. The highest BCUT2D eigenvalue weighted by atomic mass is 32.2. The molecule has 122 valence electrons. The quantitative estimate of drug-likeness (QED) is 0.840. The van der Waals surface area contributed by atoms with Crippen molar-refractivity contribution in [3.05, 3.63) is 0 Å². The predicted octanol–water partition coefficient (Wildman–Crippen LogP) is 2.96. The molecule has 1 aliphatic carbocycles.